The first-order chi connectivity index (χ1) is 13.7. The largest absolute Gasteiger partial charge is 0.491 e. The SMILES string of the molecule is Cc1cc2nc(C)c(CCC(=O)NC(C)c3cccc(OC(C)C)c3)c(C)n2n1. The molecular formula is C23H30N4O2. The summed E-state index contributed by atoms with van der Waals surface area (Å²) in [6, 6.07) is 9.75. The van der Waals surface area contributed by atoms with E-state index in [4.69, 9.17) is 4.74 Å². The van der Waals surface area contributed by atoms with E-state index in [2.05, 4.69) is 15.4 Å². The molecule has 0 bridgehead atoms. The number of ether oxygens (including phenoxy) is 1. The van der Waals surface area contributed by atoms with Crippen LogP contribution in [-0.2, 0) is 11.2 Å². The minimum atomic E-state index is -0.0882. The highest BCUT2D eigenvalue weighted by molar-refractivity contribution is 5.76. The molecule has 0 aliphatic carbocycles. The molecule has 0 fully saturated rings. The van der Waals surface area contributed by atoms with E-state index in [1.807, 2.05) is 76.4 Å². The van der Waals surface area contributed by atoms with Crippen molar-refractivity contribution in [3.8, 4) is 5.75 Å². The topological polar surface area (TPSA) is 68.5 Å². The van der Waals surface area contributed by atoms with Crippen molar-refractivity contribution in [2.75, 3.05) is 0 Å². The van der Waals surface area contributed by atoms with Crippen LogP contribution in [0.5, 0.6) is 5.75 Å². The zero-order chi connectivity index (χ0) is 21.1. The number of carbonyl (C=O) groups is 1. The number of rotatable bonds is 7. The van der Waals surface area contributed by atoms with Crippen molar-refractivity contribution in [3.63, 3.8) is 0 Å². The van der Waals surface area contributed by atoms with Crippen LogP contribution in [0.4, 0.5) is 0 Å². The molecule has 3 rings (SSSR count). The number of aryl methyl sites for hydroxylation is 3. The smallest absolute Gasteiger partial charge is 0.220 e. The highest BCUT2D eigenvalue weighted by atomic mass is 16.5. The summed E-state index contributed by atoms with van der Waals surface area (Å²) in [6.07, 6.45) is 1.15. The highest BCUT2D eigenvalue weighted by Gasteiger charge is 2.15. The van der Waals surface area contributed by atoms with Gasteiger partial charge >= 0.3 is 0 Å². The fraction of sp³-hybridized carbons (Fsp3) is 0.435. The van der Waals surface area contributed by atoms with E-state index >= 15 is 0 Å². The van der Waals surface area contributed by atoms with Crippen LogP contribution in [0.3, 0.4) is 0 Å². The molecule has 0 saturated heterocycles. The van der Waals surface area contributed by atoms with E-state index in [0.29, 0.717) is 12.8 Å². The van der Waals surface area contributed by atoms with Crippen LogP contribution >= 0.6 is 0 Å². The molecule has 1 N–H and O–H groups in total. The molecule has 0 aliphatic heterocycles. The lowest BCUT2D eigenvalue weighted by atomic mass is 10.0. The van der Waals surface area contributed by atoms with Gasteiger partial charge in [-0.05, 0) is 71.2 Å². The molecule has 29 heavy (non-hydrogen) atoms. The minimum Gasteiger partial charge on any atom is -0.491 e. The second kappa shape index (κ2) is 8.64. The Morgan fingerprint density at radius 2 is 1.93 bits per heavy atom. The molecule has 1 amide bonds. The highest BCUT2D eigenvalue weighted by Crippen LogP contribution is 2.21. The van der Waals surface area contributed by atoms with Crippen molar-refractivity contribution in [2.24, 2.45) is 0 Å². The first-order valence-corrected chi connectivity index (χ1v) is 10.1. The molecule has 2 aromatic heterocycles. The van der Waals surface area contributed by atoms with Gasteiger partial charge in [0.25, 0.3) is 0 Å². The maximum Gasteiger partial charge on any atom is 0.220 e. The van der Waals surface area contributed by atoms with Crippen molar-refractivity contribution < 1.29 is 9.53 Å². The summed E-state index contributed by atoms with van der Waals surface area (Å²) < 4.78 is 7.61. The Hall–Kier alpha value is -2.89. The summed E-state index contributed by atoms with van der Waals surface area (Å²) >= 11 is 0. The Morgan fingerprint density at radius 1 is 1.17 bits per heavy atom. The summed E-state index contributed by atoms with van der Waals surface area (Å²) in [5.74, 6) is 0.835. The van der Waals surface area contributed by atoms with Gasteiger partial charge in [-0.2, -0.15) is 5.10 Å². The summed E-state index contributed by atoms with van der Waals surface area (Å²) in [5, 5.41) is 7.59. The number of nitrogens with zero attached hydrogens (tertiary/aromatic N) is 3. The number of hydrogen-bond acceptors (Lipinski definition) is 4. The number of hydrogen-bond donors (Lipinski definition) is 1. The van der Waals surface area contributed by atoms with E-state index < -0.39 is 0 Å². The fourth-order valence-corrected chi connectivity index (χ4v) is 3.57. The Kier molecular flexibility index (Phi) is 6.20. The summed E-state index contributed by atoms with van der Waals surface area (Å²) in [4.78, 5) is 17.2. The standard InChI is InChI=1S/C23H30N4O2/c1-14(2)29-20-9-7-8-19(13-20)16(4)25-23(28)11-10-21-17(5)24-22-12-15(3)26-27(22)18(21)6/h7-9,12-14,16H,10-11H2,1-6H3,(H,25,28). The average molecular weight is 395 g/mol. The zero-order valence-electron chi connectivity index (χ0n) is 18.1. The van der Waals surface area contributed by atoms with Gasteiger partial charge in [-0.3, -0.25) is 4.79 Å². The van der Waals surface area contributed by atoms with Crippen LogP contribution in [0.25, 0.3) is 5.65 Å². The number of benzene rings is 1. The summed E-state index contributed by atoms with van der Waals surface area (Å²) in [6.45, 7) is 12.0. The fourth-order valence-electron chi connectivity index (χ4n) is 3.57. The van der Waals surface area contributed by atoms with E-state index in [1.54, 1.807) is 0 Å². The van der Waals surface area contributed by atoms with Crippen molar-refractivity contribution in [2.45, 2.75) is 66.5 Å². The molecule has 6 nitrogen and oxygen atoms in total. The van der Waals surface area contributed by atoms with E-state index in [-0.39, 0.29) is 18.1 Å². The number of fused-ring (bicyclic) bond motifs is 1. The summed E-state index contributed by atoms with van der Waals surface area (Å²) in [5.41, 5.74) is 5.89. The van der Waals surface area contributed by atoms with E-state index in [1.165, 1.54) is 0 Å². The lowest BCUT2D eigenvalue weighted by Crippen LogP contribution is -2.27. The lowest BCUT2D eigenvalue weighted by molar-refractivity contribution is -0.121. The van der Waals surface area contributed by atoms with Crippen LogP contribution in [0.15, 0.2) is 30.3 Å². The first-order valence-electron chi connectivity index (χ1n) is 10.1. The molecule has 1 aromatic carbocycles. The number of amides is 1. The lowest BCUT2D eigenvalue weighted by Gasteiger charge is -2.17. The van der Waals surface area contributed by atoms with Gasteiger partial charge in [0.1, 0.15) is 5.75 Å². The van der Waals surface area contributed by atoms with Crippen molar-refractivity contribution in [1.29, 1.82) is 0 Å². The van der Waals surface area contributed by atoms with E-state index in [0.717, 1.165) is 39.6 Å². The van der Waals surface area contributed by atoms with Gasteiger partial charge in [-0.25, -0.2) is 9.50 Å². The third-order valence-corrected chi connectivity index (χ3v) is 5.00. The Balaban J connectivity index is 1.65. The number of carbonyl (C=O) groups excluding carboxylic acids is 1. The molecule has 6 heteroatoms. The average Bonchev–Trinajstić information content (AvgIpc) is 3.01. The number of aromatic nitrogens is 3. The zero-order valence-corrected chi connectivity index (χ0v) is 18.1. The predicted octanol–water partition coefficient (Wildman–Crippen LogP) is 4.25. The van der Waals surface area contributed by atoms with Crippen molar-refractivity contribution in [1.82, 2.24) is 19.9 Å². The first kappa shape index (κ1) is 20.8. The van der Waals surface area contributed by atoms with Gasteiger partial charge in [0.05, 0.1) is 17.8 Å². The maximum absolute atomic E-state index is 12.6. The third-order valence-electron chi connectivity index (χ3n) is 5.00. The second-order valence-electron chi connectivity index (χ2n) is 7.85. The van der Waals surface area contributed by atoms with Crippen molar-refractivity contribution >= 4 is 11.6 Å². The normalized spacial score (nSPS) is 12.4. The molecule has 0 aliphatic rings. The predicted molar refractivity (Wildman–Crippen MR) is 114 cm³/mol. The minimum absolute atomic E-state index is 0.0169. The molecule has 1 unspecified atom stereocenters. The van der Waals surface area contributed by atoms with Crippen LogP contribution in [0.2, 0.25) is 0 Å². The van der Waals surface area contributed by atoms with Crippen molar-refractivity contribution in [3.05, 3.63) is 58.5 Å². The summed E-state index contributed by atoms with van der Waals surface area (Å²) in [7, 11) is 0. The number of nitrogens with one attached hydrogen (secondary N) is 1. The Bertz CT molecular complexity index is 1020. The molecule has 0 radical (unpaired) electrons. The Morgan fingerprint density at radius 3 is 2.66 bits per heavy atom. The maximum atomic E-state index is 12.6. The molecule has 1 atom stereocenters. The van der Waals surface area contributed by atoms with Crippen LogP contribution in [-0.4, -0.2) is 26.6 Å². The van der Waals surface area contributed by atoms with E-state index in [9.17, 15) is 4.79 Å². The molecule has 2 heterocycles. The third kappa shape index (κ3) is 4.94. The second-order valence-corrected chi connectivity index (χ2v) is 7.85. The van der Waals surface area contributed by atoms with Gasteiger partial charge in [-0.15, -0.1) is 0 Å². The van der Waals surface area contributed by atoms with Crippen LogP contribution in [0, 0.1) is 20.8 Å². The monoisotopic (exact) mass is 394 g/mol. The Labute approximate surface area is 172 Å². The van der Waals surface area contributed by atoms with Gasteiger partial charge in [0.15, 0.2) is 5.65 Å². The van der Waals surface area contributed by atoms with Gasteiger partial charge in [0, 0.05) is 23.9 Å². The molecule has 0 spiro atoms. The van der Waals surface area contributed by atoms with Gasteiger partial charge < -0.3 is 10.1 Å². The molecule has 0 saturated carbocycles. The molecule has 3 aromatic rings. The van der Waals surface area contributed by atoms with Gasteiger partial charge in [-0.1, -0.05) is 12.1 Å². The molecular weight excluding hydrogens is 364 g/mol. The van der Waals surface area contributed by atoms with Gasteiger partial charge in [0.2, 0.25) is 5.91 Å². The molecule has 154 valence electrons. The van der Waals surface area contributed by atoms with Crippen LogP contribution in [0.1, 0.15) is 61.4 Å². The van der Waals surface area contributed by atoms with Crippen LogP contribution < -0.4 is 10.1 Å². The quantitative estimate of drug-likeness (QED) is 0.650.